The van der Waals surface area contributed by atoms with E-state index in [-0.39, 0.29) is 0 Å². The van der Waals surface area contributed by atoms with Crippen LogP contribution in [0, 0.1) is 0 Å². The van der Waals surface area contributed by atoms with Crippen LogP contribution >= 0.6 is 0 Å². The summed E-state index contributed by atoms with van der Waals surface area (Å²) in [4.78, 5) is 0. The second-order valence-corrected chi connectivity index (χ2v) is 1.68. The van der Waals surface area contributed by atoms with Crippen LogP contribution in [0.25, 0.3) is 0 Å². The lowest BCUT2D eigenvalue weighted by atomic mass is 10.6. The number of hydroxylamine groups is 2. The van der Waals surface area contributed by atoms with Crippen molar-refractivity contribution in [3.63, 3.8) is 0 Å². The molecule has 0 spiro atoms. The Morgan fingerprint density at radius 1 is 1.11 bits per heavy atom. The molecule has 5 heteroatoms. The van der Waals surface area contributed by atoms with Crippen LogP contribution in [0.3, 0.4) is 0 Å². The molecule has 4 N–H and O–H groups in total. The first-order valence-corrected chi connectivity index (χ1v) is 2.65. The molecular formula is C4H12N2O3. The van der Waals surface area contributed by atoms with E-state index in [9.17, 15) is 0 Å². The largest absolute Gasteiger partial charge is 0.342 e. The van der Waals surface area contributed by atoms with Crippen molar-refractivity contribution in [1.29, 1.82) is 0 Å². The average Bonchev–Trinajstić information content (AvgIpc) is 1.87. The molecule has 0 aromatic rings. The van der Waals surface area contributed by atoms with Crippen molar-refractivity contribution in [2.45, 2.75) is 26.3 Å². The first kappa shape index (κ1) is 8.80. The molecule has 0 saturated heterocycles. The minimum atomic E-state index is -0.486. The third-order valence-corrected chi connectivity index (χ3v) is 0.772. The van der Waals surface area contributed by atoms with Gasteiger partial charge in [-0.2, -0.15) is 11.0 Å². The Morgan fingerprint density at radius 2 is 1.44 bits per heavy atom. The third-order valence-electron chi connectivity index (χ3n) is 0.772. The fourth-order valence-corrected chi connectivity index (χ4v) is 0.367. The van der Waals surface area contributed by atoms with Crippen molar-refractivity contribution < 1.29 is 15.2 Å². The standard InChI is InChI=1S/C4H12N2O3/c1-3(5-7)9-4(2)6-8/h3-8H,1-2H3. The highest BCUT2D eigenvalue weighted by atomic mass is 16.6. The van der Waals surface area contributed by atoms with Gasteiger partial charge in [0, 0.05) is 0 Å². The van der Waals surface area contributed by atoms with Crippen LogP contribution in [0.15, 0.2) is 0 Å². The maximum atomic E-state index is 8.19. The van der Waals surface area contributed by atoms with Crippen LogP contribution in [0.2, 0.25) is 0 Å². The Balaban J connectivity index is 3.22. The number of rotatable bonds is 4. The van der Waals surface area contributed by atoms with Crippen LogP contribution in [0.4, 0.5) is 0 Å². The topological polar surface area (TPSA) is 73.8 Å². The number of ether oxygens (including phenoxy) is 1. The Kier molecular flexibility index (Phi) is 4.55. The molecule has 0 aliphatic heterocycles. The first-order chi connectivity index (χ1) is 4.20. The quantitative estimate of drug-likeness (QED) is 0.314. The van der Waals surface area contributed by atoms with Crippen LogP contribution in [0.5, 0.6) is 0 Å². The van der Waals surface area contributed by atoms with Crippen molar-refractivity contribution in [3.8, 4) is 0 Å². The number of hydrogen-bond acceptors (Lipinski definition) is 5. The molecule has 0 aliphatic carbocycles. The van der Waals surface area contributed by atoms with Gasteiger partial charge in [0.25, 0.3) is 0 Å². The van der Waals surface area contributed by atoms with Crippen LogP contribution < -0.4 is 11.0 Å². The molecule has 0 aliphatic rings. The molecular weight excluding hydrogens is 124 g/mol. The van der Waals surface area contributed by atoms with E-state index in [4.69, 9.17) is 15.2 Å². The van der Waals surface area contributed by atoms with Crippen molar-refractivity contribution in [1.82, 2.24) is 11.0 Å². The van der Waals surface area contributed by atoms with E-state index in [1.165, 1.54) is 0 Å². The molecule has 0 saturated carbocycles. The van der Waals surface area contributed by atoms with E-state index in [2.05, 4.69) is 0 Å². The first-order valence-electron chi connectivity index (χ1n) is 2.65. The van der Waals surface area contributed by atoms with E-state index >= 15 is 0 Å². The molecule has 0 fully saturated rings. The summed E-state index contributed by atoms with van der Waals surface area (Å²) in [6, 6.07) is 0. The van der Waals surface area contributed by atoms with E-state index in [0.717, 1.165) is 0 Å². The van der Waals surface area contributed by atoms with Gasteiger partial charge in [0.15, 0.2) is 0 Å². The SMILES string of the molecule is CC(NO)OC(C)NO. The molecule has 2 unspecified atom stereocenters. The molecule has 0 bridgehead atoms. The smallest absolute Gasteiger partial charge is 0.129 e. The van der Waals surface area contributed by atoms with Crippen molar-refractivity contribution in [2.75, 3.05) is 0 Å². The van der Waals surface area contributed by atoms with Gasteiger partial charge in [-0.05, 0) is 13.8 Å². The van der Waals surface area contributed by atoms with E-state index in [0.29, 0.717) is 0 Å². The third kappa shape index (κ3) is 4.31. The summed E-state index contributed by atoms with van der Waals surface area (Å²) in [5.41, 5.74) is 3.71. The zero-order valence-corrected chi connectivity index (χ0v) is 5.46. The van der Waals surface area contributed by atoms with Gasteiger partial charge >= 0.3 is 0 Å². The maximum absolute atomic E-state index is 8.19. The fourth-order valence-electron chi connectivity index (χ4n) is 0.367. The highest BCUT2D eigenvalue weighted by Gasteiger charge is 2.03. The van der Waals surface area contributed by atoms with Gasteiger partial charge in [-0.25, -0.2) is 0 Å². The van der Waals surface area contributed by atoms with E-state index < -0.39 is 12.5 Å². The number of nitrogens with one attached hydrogen (secondary N) is 2. The summed E-state index contributed by atoms with van der Waals surface area (Å²) >= 11 is 0. The normalized spacial score (nSPS) is 17.3. The van der Waals surface area contributed by atoms with Crippen LogP contribution in [-0.2, 0) is 4.74 Å². The zero-order valence-electron chi connectivity index (χ0n) is 5.46. The summed E-state index contributed by atoms with van der Waals surface area (Å²) in [5.74, 6) is 0. The van der Waals surface area contributed by atoms with Crippen molar-refractivity contribution >= 4 is 0 Å². The minimum Gasteiger partial charge on any atom is -0.342 e. The van der Waals surface area contributed by atoms with Gasteiger partial charge in [-0.15, -0.1) is 0 Å². The second kappa shape index (κ2) is 4.66. The average molecular weight is 136 g/mol. The molecule has 0 rings (SSSR count). The highest BCUT2D eigenvalue weighted by Crippen LogP contribution is 1.88. The maximum Gasteiger partial charge on any atom is 0.129 e. The predicted molar refractivity (Wildman–Crippen MR) is 29.9 cm³/mol. The predicted octanol–water partition coefficient (Wildman–Crippen LogP) is -0.347. The van der Waals surface area contributed by atoms with Crippen LogP contribution in [0.1, 0.15) is 13.8 Å². The summed E-state index contributed by atoms with van der Waals surface area (Å²) in [7, 11) is 0. The summed E-state index contributed by atoms with van der Waals surface area (Å²) in [6.07, 6.45) is -0.973. The van der Waals surface area contributed by atoms with Crippen molar-refractivity contribution in [3.05, 3.63) is 0 Å². The summed E-state index contributed by atoms with van der Waals surface area (Å²) in [5, 5.41) is 16.4. The van der Waals surface area contributed by atoms with Crippen LogP contribution in [-0.4, -0.2) is 22.9 Å². The van der Waals surface area contributed by atoms with Gasteiger partial charge in [0.05, 0.1) is 0 Å². The zero-order chi connectivity index (χ0) is 7.28. The van der Waals surface area contributed by atoms with Gasteiger partial charge in [-0.1, -0.05) is 0 Å². The molecule has 56 valence electrons. The van der Waals surface area contributed by atoms with E-state index in [1.807, 2.05) is 11.0 Å². The highest BCUT2D eigenvalue weighted by molar-refractivity contribution is 4.39. The lowest BCUT2D eigenvalue weighted by Crippen LogP contribution is -2.35. The number of hydrogen-bond donors (Lipinski definition) is 4. The molecule has 2 atom stereocenters. The molecule has 0 aromatic carbocycles. The molecule has 5 nitrogen and oxygen atoms in total. The molecule has 0 amide bonds. The Labute approximate surface area is 53.5 Å². The van der Waals surface area contributed by atoms with Gasteiger partial charge in [-0.3, -0.25) is 0 Å². The van der Waals surface area contributed by atoms with Crippen molar-refractivity contribution in [2.24, 2.45) is 0 Å². The monoisotopic (exact) mass is 136 g/mol. The van der Waals surface area contributed by atoms with Gasteiger partial charge < -0.3 is 15.2 Å². The summed E-state index contributed by atoms with van der Waals surface area (Å²) in [6.45, 7) is 3.21. The Morgan fingerprint density at radius 3 is 1.67 bits per heavy atom. The lowest BCUT2D eigenvalue weighted by Gasteiger charge is -2.15. The summed E-state index contributed by atoms with van der Waals surface area (Å²) < 4.78 is 4.83. The molecule has 0 aromatic heterocycles. The Bertz CT molecular complexity index is 62.8. The second-order valence-electron chi connectivity index (χ2n) is 1.68. The van der Waals surface area contributed by atoms with Gasteiger partial charge in [0.2, 0.25) is 0 Å². The lowest BCUT2D eigenvalue weighted by molar-refractivity contribution is -0.119. The Hall–Kier alpha value is -0.200. The van der Waals surface area contributed by atoms with E-state index in [1.54, 1.807) is 13.8 Å². The minimum absolute atomic E-state index is 0.486. The van der Waals surface area contributed by atoms with Gasteiger partial charge in [0.1, 0.15) is 12.5 Å². The molecule has 0 heterocycles. The molecule has 9 heavy (non-hydrogen) atoms. The molecule has 0 radical (unpaired) electrons. The fraction of sp³-hybridized carbons (Fsp3) is 1.00.